The zero-order chi connectivity index (χ0) is 13.8. The predicted molar refractivity (Wildman–Crippen MR) is 69.9 cm³/mol. The SMILES string of the molecule is COC(=O)c1cccc(NC(=O)C2COC(C)C2)c1. The molecule has 1 N–H and O–H groups in total. The Balaban J connectivity index is 2.03. The minimum absolute atomic E-state index is 0.0774. The number of hydrogen-bond acceptors (Lipinski definition) is 4. The molecule has 2 unspecified atom stereocenters. The van der Waals surface area contributed by atoms with Crippen LogP contribution in [0.1, 0.15) is 23.7 Å². The Hall–Kier alpha value is -1.88. The van der Waals surface area contributed by atoms with Gasteiger partial charge in [0.15, 0.2) is 0 Å². The molecule has 1 amide bonds. The van der Waals surface area contributed by atoms with Crippen LogP contribution < -0.4 is 5.32 Å². The second-order valence-electron chi connectivity index (χ2n) is 4.64. The van der Waals surface area contributed by atoms with E-state index in [-0.39, 0.29) is 17.9 Å². The molecule has 1 saturated heterocycles. The Kier molecular flexibility index (Phi) is 4.16. The van der Waals surface area contributed by atoms with Crippen LogP contribution >= 0.6 is 0 Å². The molecule has 0 saturated carbocycles. The fraction of sp³-hybridized carbons (Fsp3) is 0.429. The first kappa shape index (κ1) is 13.5. The summed E-state index contributed by atoms with van der Waals surface area (Å²) in [5.74, 6) is -0.628. The zero-order valence-electron chi connectivity index (χ0n) is 11.0. The average molecular weight is 263 g/mol. The van der Waals surface area contributed by atoms with Crippen molar-refractivity contribution >= 4 is 17.6 Å². The van der Waals surface area contributed by atoms with Gasteiger partial charge in [0.05, 0.1) is 31.3 Å². The molecule has 1 heterocycles. The smallest absolute Gasteiger partial charge is 0.337 e. The lowest BCUT2D eigenvalue weighted by atomic mass is 10.1. The van der Waals surface area contributed by atoms with E-state index in [1.165, 1.54) is 7.11 Å². The van der Waals surface area contributed by atoms with Crippen LogP contribution in [0.3, 0.4) is 0 Å². The van der Waals surface area contributed by atoms with Gasteiger partial charge in [-0.2, -0.15) is 0 Å². The second kappa shape index (κ2) is 5.84. The Morgan fingerprint density at radius 3 is 2.84 bits per heavy atom. The lowest BCUT2D eigenvalue weighted by Crippen LogP contribution is -2.23. The molecule has 0 radical (unpaired) electrons. The summed E-state index contributed by atoms with van der Waals surface area (Å²) < 4.78 is 10.0. The van der Waals surface area contributed by atoms with Crippen molar-refractivity contribution in [3.8, 4) is 0 Å². The third-order valence-electron chi connectivity index (χ3n) is 3.12. The van der Waals surface area contributed by atoms with Crippen LogP contribution in [0.25, 0.3) is 0 Å². The van der Waals surface area contributed by atoms with E-state index in [2.05, 4.69) is 10.1 Å². The van der Waals surface area contributed by atoms with E-state index in [0.717, 1.165) is 6.42 Å². The van der Waals surface area contributed by atoms with Crippen LogP contribution in [0, 0.1) is 5.92 Å². The first-order valence-corrected chi connectivity index (χ1v) is 6.21. The van der Waals surface area contributed by atoms with Crippen molar-refractivity contribution < 1.29 is 19.1 Å². The van der Waals surface area contributed by atoms with Crippen molar-refractivity contribution in [1.82, 2.24) is 0 Å². The first-order chi connectivity index (χ1) is 9.10. The third kappa shape index (κ3) is 3.32. The van der Waals surface area contributed by atoms with Gasteiger partial charge < -0.3 is 14.8 Å². The molecule has 2 atom stereocenters. The number of methoxy groups -OCH3 is 1. The fourth-order valence-corrected chi connectivity index (χ4v) is 2.09. The first-order valence-electron chi connectivity index (χ1n) is 6.21. The molecule has 0 aliphatic carbocycles. The molecule has 5 heteroatoms. The molecule has 1 aliphatic heterocycles. The highest BCUT2D eigenvalue weighted by Crippen LogP contribution is 2.21. The number of nitrogens with one attached hydrogen (secondary N) is 1. The quantitative estimate of drug-likeness (QED) is 0.845. The molecule has 102 valence electrons. The summed E-state index contributed by atoms with van der Waals surface area (Å²) >= 11 is 0. The number of anilines is 1. The third-order valence-corrected chi connectivity index (χ3v) is 3.12. The van der Waals surface area contributed by atoms with Crippen LogP contribution in [0.15, 0.2) is 24.3 Å². The summed E-state index contributed by atoms with van der Waals surface area (Å²) in [5, 5.41) is 2.80. The van der Waals surface area contributed by atoms with E-state index < -0.39 is 5.97 Å². The van der Waals surface area contributed by atoms with Crippen molar-refractivity contribution in [1.29, 1.82) is 0 Å². The maximum Gasteiger partial charge on any atom is 0.337 e. The molecule has 1 aromatic carbocycles. The van der Waals surface area contributed by atoms with Crippen molar-refractivity contribution in [2.45, 2.75) is 19.4 Å². The molecular formula is C14H17NO4. The standard InChI is InChI=1S/C14H17NO4/c1-9-6-11(8-19-9)13(16)15-12-5-3-4-10(7-12)14(17)18-2/h3-5,7,9,11H,6,8H2,1-2H3,(H,15,16). The summed E-state index contributed by atoms with van der Waals surface area (Å²) in [7, 11) is 1.32. The highest BCUT2D eigenvalue weighted by atomic mass is 16.5. The van der Waals surface area contributed by atoms with E-state index in [9.17, 15) is 9.59 Å². The summed E-state index contributed by atoms with van der Waals surface area (Å²) in [6, 6.07) is 6.68. The van der Waals surface area contributed by atoms with Gasteiger partial charge in [-0.05, 0) is 31.5 Å². The van der Waals surface area contributed by atoms with Crippen molar-refractivity contribution in [3.63, 3.8) is 0 Å². The van der Waals surface area contributed by atoms with Crippen molar-refractivity contribution in [2.24, 2.45) is 5.92 Å². The fourth-order valence-electron chi connectivity index (χ4n) is 2.09. The van der Waals surface area contributed by atoms with Gasteiger partial charge in [0.2, 0.25) is 5.91 Å². The molecule has 2 rings (SSSR count). The maximum atomic E-state index is 12.0. The number of ether oxygens (including phenoxy) is 2. The van der Waals surface area contributed by atoms with Crippen LogP contribution in [0.2, 0.25) is 0 Å². The highest BCUT2D eigenvalue weighted by molar-refractivity contribution is 5.95. The van der Waals surface area contributed by atoms with Gasteiger partial charge in [-0.3, -0.25) is 4.79 Å². The van der Waals surface area contributed by atoms with Gasteiger partial charge in [0.25, 0.3) is 0 Å². The molecule has 0 spiro atoms. The molecule has 1 aliphatic rings. The summed E-state index contributed by atoms with van der Waals surface area (Å²) in [6.07, 6.45) is 0.847. The van der Waals surface area contributed by atoms with Gasteiger partial charge >= 0.3 is 5.97 Å². The lowest BCUT2D eigenvalue weighted by Gasteiger charge is -2.10. The van der Waals surface area contributed by atoms with Crippen LogP contribution in [-0.2, 0) is 14.3 Å². The Labute approximate surface area is 111 Å². The monoisotopic (exact) mass is 263 g/mol. The van der Waals surface area contributed by atoms with Crippen LogP contribution in [0.5, 0.6) is 0 Å². The second-order valence-corrected chi connectivity index (χ2v) is 4.64. The molecule has 5 nitrogen and oxygen atoms in total. The Bertz CT molecular complexity index is 486. The van der Waals surface area contributed by atoms with E-state index in [1.807, 2.05) is 6.92 Å². The molecule has 1 fully saturated rings. The largest absolute Gasteiger partial charge is 0.465 e. The Morgan fingerprint density at radius 1 is 1.42 bits per heavy atom. The Morgan fingerprint density at radius 2 is 2.21 bits per heavy atom. The number of hydrogen-bond donors (Lipinski definition) is 1. The van der Waals surface area contributed by atoms with Gasteiger partial charge in [0, 0.05) is 5.69 Å². The van der Waals surface area contributed by atoms with Gasteiger partial charge in [-0.25, -0.2) is 4.79 Å². The molecular weight excluding hydrogens is 246 g/mol. The van der Waals surface area contributed by atoms with Crippen LogP contribution in [0.4, 0.5) is 5.69 Å². The van der Waals surface area contributed by atoms with Gasteiger partial charge in [0.1, 0.15) is 0 Å². The number of carbonyl (C=O) groups excluding carboxylic acids is 2. The minimum Gasteiger partial charge on any atom is -0.465 e. The summed E-state index contributed by atoms with van der Waals surface area (Å²) in [5.41, 5.74) is 1.00. The van der Waals surface area contributed by atoms with Gasteiger partial charge in [-0.1, -0.05) is 6.07 Å². The number of benzene rings is 1. The van der Waals surface area contributed by atoms with Crippen molar-refractivity contribution in [3.05, 3.63) is 29.8 Å². The maximum absolute atomic E-state index is 12.0. The van der Waals surface area contributed by atoms with E-state index >= 15 is 0 Å². The highest BCUT2D eigenvalue weighted by Gasteiger charge is 2.28. The summed E-state index contributed by atoms with van der Waals surface area (Å²) in [6.45, 7) is 2.40. The topological polar surface area (TPSA) is 64.6 Å². The number of carbonyl (C=O) groups is 2. The van der Waals surface area contributed by atoms with Crippen LogP contribution in [-0.4, -0.2) is 31.7 Å². The minimum atomic E-state index is -0.422. The van der Waals surface area contributed by atoms with Crippen molar-refractivity contribution in [2.75, 3.05) is 19.0 Å². The lowest BCUT2D eigenvalue weighted by molar-refractivity contribution is -0.119. The normalized spacial score (nSPS) is 22.0. The van der Waals surface area contributed by atoms with E-state index in [4.69, 9.17) is 4.74 Å². The van der Waals surface area contributed by atoms with E-state index in [1.54, 1.807) is 24.3 Å². The average Bonchev–Trinajstić information content (AvgIpc) is 2.85. The predicted octanol–water partition coefficient (Wildman–Crippen LogP) is 1.84. The molecule has 0 aromatic heterocycles. The van der Waals surface area contributed by atoms with Gasteiger partial charge in [-0.15, -0.1) is 0 Å². The summed E-state index contributed by atoms with van der Waals surface area (Å²) in [4.78, 5) is 23.4. The van der Waals surface area contributed by atoms with E-state index in [0.29, 0.717) is 17.9 Å². The number of rotatable bonds is 3. The molecule has 0 bridgehead atoms. The number of amides is 1. The molecule has 1 aromatic rings. The molecule has 19 heavy (non-hydrogen) atoms. The number of esters is 1. The zero-order valence-corrected chi connectivity index (χ0v) is 11.0.